The summed E-state index contributed by atoms with van der Waals surface area (Å²) in [5.41, 5.74) is 0.145. The van der Waals surface area contributed by atoms with Crippen LogP contribution in [0.1, 0.15) is 23.6 Å². The molecule has 168 valence electrons. The zero-order chi connectivity index (χ0) is 22.9. The predicted octanol–water partition coefficient (Wildman–Crippen LogP) is 2.94. The topological polar surface area (TPSA) is 75.7 Å². The van der Waals surface area contributed by atoms with E-state index in [1.807, 2.05) is 36.6 Å². The van der Waals surface area contributed by atoms with Gasteiger partial charge in [-0.2, -0.15) is 11.8 Å². The number of amides is 2. The second-order valence-electron chi connectivity index (χ2n) is 8.13. The van der Waals surface area contributed by atoms with Crippen LogP contribution in [-0.2, 0) is 25.7 Å². The number of esters is 1. The molecule has 0 spiro atoms. The lowest BCUT2D eigenvalue weighted by atomic mass is 9.78. The van der Waals surface area contributed by atoms with Crippen molar-refractivity contribution in [3.8, 4) is 0 Å². The molecule has 0 saturated carbocycles. The molecule has 2 amide bonds. The molecule has 2 aromatic carbocycles. The van der Waals surface area contributed by atoms with Gasteiger partial charge >= 0.3 is 5.97 Å². The molecule has 4 unspecified atom stereocenters. The molecule has 2 fully saturated rings. The SMILES string of the molecule is COC(=O)C1(CCSC)NC(c2ccc(F)cc2)C2C(=O)N(Cc3ccccc3)C(=O)C21. The summed E-state index contributed by atoms with van der Waals surface area (Å²) in [6.45, 7) is 0.140. The number of thioether (sulfide) groups is 1. The molecule has 2 saturated heterocycles. The van der Waals surface area contributed by atoms with Gasteiger partial charge in [-0.05, 0) is 41.7 Å². The largest absolute Gasteiger partial charge is 0.468 e. The third kappa shape index (κ3) is 3.71. The van der Waals surface area contributed by atoms with Gasteiger partial charge < -0.3 is 4.74 Å². The minimum Gasteiger partial charge on any atom is -0.468 e. The smallest absolute Gasteiger partial charge is 0.326 e. The second kappa shape index (κ2) is 9.03. The summed E-state index contributed by atoms with van der Waals surface area (Å²) in [6, 6.07) is 14.5. The van der Waals surface area contributed by atoms with Gasteiger partial charge in [0.25, 0.3) is 0 Å². The summed E-state index contributed by atoms with van der Waals surface area (Å²) in [5.74, 6) is -2.75. The molecular formula is C24H25FN2O4S. The average molecular weight is 457 g/mol. The molecule has 6 nitrogen and oxygen atoms in total. The Labute approximate surface area is 190 Å². The van der Waals surface area contributed by atoms with Gasteiger partial charge in [0.15, 0.2) is 0 Å². The van der Waals surface area contributed by atoms with E-state index < -0.39 is 35.2 Å². The Bertz CT molecular complexity index is 1020. The van der Waals surface area contributed by atoms with Crippen LogP contribution >= 0.6 is 11.8 Å². The molecule has 0 aliphatic carbocycles. The van der Waals surface area contributed by atoms with Gasteiger partial charge in [0.1, 0.15) is 11.4 Å². The Morgan fingerprint density at radius 3 is 2.44 bits per heavy atom. The predicted molar refractivity (Wildman–Crippen MR) is 119 cm³/mol. The van der Waals surface area contributed by atoms with Crippen LogP contribution in [-0.4, -0.2) is 47.3 Å². The van der Waals surface area contributed by atoms with Crippen molar-refractivity contribution in [1.82, 2.24) is 10.2 Å². The summed E-state index contributed by atoms with van der Waals surface area (Å²) < 4.78 is 18.7. The number of halogens is 1. The van der Waals surface area contributed by atoms with Crippen molar-refractivity contribution < 1.29 is 23.5 Å². The van der Waals surface area contributed by atoms with Crippen LogP contribution in [0.3, 0.4) is 0 Å². The number of nitrogens with zero attached hydrogens (tertiary/aromatic N) is 1. The molecule has 8 heteroatoms. The number of likely N-dealkylation sites (tertiary alicyclic amines) is 1. The molecule has 4 rings (SSSR count). The van der Waals surface area contributed by atoms with E-state index in [9.17, 15) is 18.8 Å². The van der Waals surface area contributed by atoms with Crippen molar-refractivity contribution in [3.63, 3.8) is 0 Å². The molecule has 2 aliphatic rings. The van der Waals surface area contributed by atoms with Gasteiger partial charge in [0.2, 0.25) is 11.8 Å². The highest BCUT2D eigenvalue weighted by molar-refractivity contribution is 7.98. The van der Waals surface area contributed by atoms with Gasteiger partial charge in [0.05, 0.1) is 25.5 Å². The number of hydrogen-bond acceptors (Lipinski definition) is 6. The summed E-state index contributed by atoms with van der Waals surface area (Å²) in [6.07, 6.45) is 2.25. The van der Waals surface area contributed by atoms with Crippen LogP contribution in [0.15, 0.2) is 54.6 Å². The van der Waals surface area contributed by atoms with E-state index in [4.69, 9.17) is 4.74 Å². The van der Waals surface area contributed by atoms with Crippen LogP contribution in [0, 0.1) is 17.7 Å². The molecule has 0 radical (unpaired) electrons. The van der Waals surface area contributed by atoms with Crippen molar-refractivity contribution >= 4 is 29.5 Å². The molecule has 0 bridgehead atoms. The van der Waals surface area contributed by atoms with E-state index in [1.165, 1.54) is 24.1 Å². The minimum atomic E-state index is -1.33. The number of imide groups is 1. The third-order valence-electron chi connectivity index (χ3n) is 6.41. The molecule has 32 heavy (non-hydrogen) atoms. The fourth-order valence-corrected chi connectivity index (χ4v) is 5.43. The fourth-order valence-electron chi connectivity index (χ4n) is 4.91. The van der Waals surface area contributed by atoms with Crippen LogP contribution < -0.4 is 5.32 Å². The maximum Gasteiger partial charge on any atom is 0.326 e. The fraction of sp³-hybridized carbons (Fsp3) is 0.375. The number of ether oxygens (including phenoxy) is 1. The number of nitrogens with one attached hydrogen (secondary N) is 1. The van der Waals surface area contributed by atoms with E-state index in [0.717, 1.165) is 5.56 Å². The first-order chi connectivity index (χ1) is 15.4. The van der Waals surface area contributed by atoms with Gasteiger partial charge in [0, 0.05) is 6.04 Å². The number of hydrogen-bond donors (Lipinski definition) is 1. The van der Waals surface area contributed by atoms with Crippen molar-refractivity contribution in [3.05, 3.63) is 71.5 Å². The number of carbonyl (C=O) groups is 3. The maximum atomic E-state index is 13.6. The lowest BCUT2D eigenvalue weighted by Gasteiger charge is -2.32. The van der Waals surface area contributed by atoms with E-state index >= 15 is 0 Å². The monoisotopic (exact) mass is 456 g/mol. The second-order valence-corrected chi connectivity index (χ2v) is 9.12. The standard InChI is InChI=1S/C24H25FN2O4S/c1-31-23(30)24(12-13-32-2)19-18(20(26-24)16-8-10-17(25)11-9-16)21(28)27(22(19)29)14-15-6-4-3-5-7-15/h3-11,18-20,26H,12-14H2,1-2H3. The lowest BCUT2D eigenvalue weighted by Crippen LogP contribution is -2.56. The highest BCUT2D eigenvalue weighted by atomic mass is 32.2. The van der Waals surface area contributed by atoms with E-state index in [-0.39, 0.29) is 18.4 Å². The first-order valence-electron chi connectivity index (χ1n) is 10.4. The van der Waals surface area contributed by atoms with Crippen LogP contribution in [0.4, 0.5) is 4.39 Å². The summed E-state index contributed by atoms with van der Waals surface area (Å²) >= 11 is 1.55. The summed E-state index contributed by atoms with van der Waals surface area (Å²) in [5, 5.41) is 3.29. The van der Waals surface area contributed by atoms with Gasteiger partial charge in [-0.25, -0.2) is 4.39 Å². The molecule has 4 atom stereocenters. The van der Waals surface area contributed by atoms with Gasteiger partial charge in [-0.15, -0.1) is 0 Å². The van der Waals surface area contributed by atoms with Crippen LogP contribution in [0.5, 0.6) is 0 Å². The van der Waals surface area contributed by atoms with Crippen LogP contribution in [0.2, 0.25) is 0 Å². The normalized spacial score (nSPS) is 27.0. The Morgan fingerprint density at radius 2 is 1.81 bits per heavy atom. The molecule has 0 aromatic heterocycles. The van der Waals surface area contributed by atoms with Crippen molar-refractivity contribution in [2.24, 2.45) is 11.8 Å². The Balaban J connectivity index is 1.78. The van der Waals surface area contributed by atoms with Gasteiger partial charge in [-0.1, -0.05) is 42.5 Å². The zero-order valence-corrected chi connectivity index (χ0v) is 18.7. The Morgan fingerprint density at radius 1 is 1.12 bits per heavy atom. The van der Waals surface area contributed by atoms with Gasteiger partial charge in [-0.3, -0.25) is 24.6 Å². The minimum absolute atomic E-state index is 0.140. The number of rotatable bonds is 7. The molecule has 1 N–H and O–H groups in total. The zero-order valence-electron chi connectivity index (χ0n) is 17.9. The number of carbonyl (C=O) groups excluding carboxylic acids is 3. The number of methoxy groups -OCH3 is 1. The first kappa shape index (κ1) is 22.5. The lowest BCUT2D eigenvalue weighted by molar-refractivity contribution is -0.154. The number of benzene rings is 2. The highest BCUT2D eigenvalue weighted by Crippen LogP contribution is 2.51. The van der Waals surface area contributed by atoms with Crippen molar-refractivity contribution in [2.75, 3.05) is 19.1 Å². The molecule has 2 aromatic rings. The van der Waals surface area contributed by atoms with E-state index in [0.29, 0.717) is 17.7 Å². The van der Waals surface area contributed by atoms with E-state index in [2.05, 4.69) is 5.32 Å². The molecular weight excluding hydrogens is 431 g/mol. The average Bonchev–Trinajstić information content (AvgIpc) is 3.28. The summed E-state index contributed by atoms with van der Waals surface area (Å²) in [4.78, 5) is 41.5. The Hall–Kier alpha value is -2.71. The van der Waals surface area contributed by atoms with E-state index in [1.54, 1.807) is 23.9 Å². The van der Waals surface area contributed by atoms with Crippen molar-refractivity contribution in [2.45, 2.75) is 24.5 Å². The van der Waals surface area contributed by atoms with Crippen LogP contribution in [0.25, 0.3) is 0 Å². The Kier molecular flexibility index (Phi) is 6.35. The molecule has 2 heterocycles. The quantitative estimate of drug-likeness (QED) is 0.510. The molecule has 2 aliphatic heterocycles. The highest BCUT2D eigenvalue weighted by Gasteiger charge is 2.68. The maximum absolute atomic E-state index is 13.6. The third-order valence-corrected chi connectivity index (χ3v) is 7.02. The first-order valence-corrected chi connectivity index (χ1v) is 11.8. The van der Waals surface area contributed by atoms with Crippen molar-refractivity contribution in [1.29, 1.82) is 0 Å². The summed E-state index contributed by atoms with van der Waals surface area (Å²) in [7, 11) is 1.29. The number of fused-ring (bicyclic) bond motifs is 1.